The molecule has 1 N–H and O–H groups in total. The first-order valence-electron chi connectivity index (χ1n) is 9.39. The number of aliphatic hydroxyl groups is 1. The molecule has 2 aliphatic rings. The second kappa shape index (κ2) is 7.76. The van der Waals surface area contributed by atoms with Crippen LogP contribution in [0, 0.1) is 0 Å². The molecule has 2 saturated heterocycles. The molecular formula is C20H28N2O5. The molecule has 0 saturated carbocycles. The summed E-state index contributed by atoms with van der Waals surface area (Å²) in [6.07, 6.45) is 0.667. The molecule has 1 aromatic rings. The number of fused-ring (bicyclic) bond motifs is 2. The van der Waals surface area contributed by atoms with E-state index in [1.807, 2.05) is 51.1 Å². The van der Waals surface area contributed by atoms with E-state index < -0.39 is 23.8 Å². The molecule has 2 aliphatic heterocycles. The highest BCUT2D eigenvalue weighted by Gasteiger charge is 2.51. The molecule has 0 spiro atoms. The third-order valence-corrected chi connectivity index (χ3v) is 5.03. The number of carbonyl (C=O) groups is 2. The molecule has 3 atom stereocenters. The first-order valence-corrected chi connectivity index (χ1v) is 9.39. The molecular weight excluding hydrogens is 348 g/mol. The van der Waals surface area contributed by atoms with Gasteiger partial charge in [0.1, 0.15) is 12.2 Å². The summed E-state index contributed by atoms with van der Waals surface area (Å²) in [4.78, 5) is 28.5. The lowest BCUT2D eigenvalue weighted by molar-refractivity contribution is -0.0338. The summed E-state index contributed by atoms with van der Waals surface area (Å²) < 4.78 is 11.0. The van der Waals surface area contributed by atoms with E-state index in [0.29, 0.717) is 6.54 Å². The molecule has 0 unspecified atom stereocenters. The normalized spacial score (nSPS) is 24.7. The van der Waals surface area contributed by atoms with Crippen LogP contribution < -0.4 is 0 Å². The zero-order valence-electron chi connectivity index (χ0n) is 16.1. The first-order chi connectivity index (χ1) is 12.8. The van der Waals surface area contributed by atoms with Crippen molar-refractivity contribution in [2.45, 2.75) is 63.9 Å². The van der Waals surface area contributed by atoms with E-state index in [-0.39, 0.29) is 25.3 Å². The van der Waals surface area contributed by atoms with Crippen molar-refractivity contribution in [3.05, 3.63) is 35.9 Å². The van der Waals surface area contributed by atoms with Crippen molar-refractivity contribution in [2.75, 3.05) is 13.2 Å². The van der Waals surface area contributed by atoms with Gasteiger partial charge < -0.3 is 14.6 Å². The van der Waals surface area contributed by atoms with Crippen molar-refractivity contribution in [1.29, 1.82) is 0 Å². The number of rotatable bonds is 3. The van der Waals surface area contributed by atoms with Gasteiger partial charge in [-0.15, -0.1) is 0 Å². The van der Waals surface area contributed by atoms with Crippen molar-refractivity contribution < 1.29 is 24.2 Å². The molecule has 148 valence electrons. The van der Waals surface area contributed by atoms with Gasteiger partial charge in [-0.1, -0.05) is 30.3 Å². The van der Waals surface area contributed by atoms with Crippen LogP contribution in [0.4, 0.5) is 9.59 Å². The molecule has 0 radical (unpaired) electrons. The zero-order valence-corrected chi connectivity index (χ0v) is 16.1. The Morgan fingerprint density at radius 1 is 1.15 bits per heavy atom. The van der Waals surface area contributed by atoms with Gasteiger partial charge >= 0.3 is 12.2 Å². The molecule has 27 heavy (non-hydrogen) atoms. The van der Waals surface area contributed by atoms with E-state index >= 15 is 0 Å². The summed E-state index contributed by atoms with van der Waals surface area (Å²) in [5, 5.41) is 9.91. The molecule has 2 bridgehead atoms. The maximum absolute atomic E-state index is 12.7. The SMILES string of the molecule is CC(C)(C)OC(=O)N1C[C@@H]2CC[C@H]([C@@H]1CO)N2C(=O)OCc1ccccc1. The minimum Gasteiger partial charge on any atom is -0.445 e. The second-order valence-electron chi connectivity index (χ2n) is 8.13. The number of ether oxygens (including phenoxy) is 2. The molecule has 2 fully saturated rings. The van der Waals surface area contributed by atoms with Crippen LogP contribution in [0.2, 0.25) is 0 Å². The Morgan fingerprint density at radius 2 is 1.85 bits per heavy atom. The maximum atomic E-state index is 12.7. The highest BCUT2D eigenvalue weighted by Crippen LogP contribution is 2.35. The Labute approximate surface area is 159 Å². The van der Waals surface area contributed by atoms with Crippen LogP contribution in [0.5, 0.6) is 0 Å². The van der Waals surface area contributed by atoms with Crippen molar-refractivity contribution in [2.24, 2.45) is 0 Å². The average molecular weight is 376 g/mol. The van der Waals surface area contributed by atoms with Crippen LogP contribution in [-0.2, 0) is 16.1 Å². The van der Waals surface area contributed by atoms with Crippen LogP contribution >= 0.6 is 0 Å². The molecule has 0 aliphatic carbocycles. The van der Waals surface area contributed by atoms with Crippen molar-refractivity contribution in [3.63, 3.8) is 0 Å². The summed E-state index contributed by atoms with van der Waals surface area (Å²) in [7, 11) is 0. The Kier molecular flexibility index (Phi) is 5.60. The predicted molar refractivity (Wildman–Crippen MR) is 99.1 cm³/mol. The average Bonchev–Trinajstić information content (AvgIpc) is 2.93. The fourth-order valence-electron chi connectivity index (χ4n) is 3.87. The Balaban J connectivity index is 1.68. The third-order valence-electron chi connectivity index (χ3n) is 5.03. The lowest BCUT2D eigenvalue weighted by Crippen LogP contribution is -2.64. The van der Waals surface area contributed by atoms with E-state index in [1.165, 1.54) is 0 Å². The van der Waals surface area contributed by atoms with Crippen LogP contribution in [-0.4, -0.2) is 64.0 Å². The molecule has 7 heteroatoms. The van der Waals surface area contributed by atoms with Gasteiger partial charge in [-0.3, -0.25) is 9.80 Å². The molecule has 1 aromatic carbocycles. The van der Waals surface area contributed by atoms with Crippen molar-refractivity contribution >= 4 is 12.2 Å². The van der Waals surface area contributed by atoms with Gasteiger partial charge in [-0.25, -0.2) is 9.59 Å². The van der Waals surface area contributed by atoms with E-state index in [0.717, 1.165) is 18.4 Å². The quantitative estimate of drug-likeness (QED) is 0.877. The highest BCUT2D eigenvalue weighted by molar-refractivity contribution is 5.72. The smallest absolute Gasteiger partial charge is 0.410 e. The Morgan fingerprint density at radius 3 is 2.48 bits per heavy atom. The van der Waals surface area contributed by atoms with Gasteiger partial charge in [0.05, 0.1) is 24.7 Å². The van der Waals surface area contributed by atoms with Gasteiger partial charge in [-0.2, -0.15) is 0 Å². The molecule has 0 aromatic heterocycles. The largest absolute Gasteiger partial charge is 0.445 e. The zero-order chi connectivity index (χ0) is 19.6. The van der Waals surface area contributed by atoms with E-state index in [9.17, 15) is 14.7 Å². The van der Waals surface area contributed by atoms with Crippen molar-refractivity contribution in [1.82, 2.24) is 9.80 Å². The first kappa shape index (κ1) is 19.5. The summed E-state index contributed by atoms with van der Waals surface area (Å²) in [5.41, 5.74) is 0.311. The number of hydrogen-bond acceptors (Lipinski definition) is 5. The highest BCUT2D eigenvalue weighted by atomic mass is 16.6. The lowest BCUT2D eigenvalue weighted by Gasteiger charge is -2.45. The van der Waals surface area contributed by atoms with E-state index in [1.54, 1.807) is 9.80 Å². The van der Waals surface area contributed by atoms with Gasteiger partial charge in [-0.05, 0) is 39.2 Å². The Bertz CT molecular complexity index is 673. The number of aliphatic hydroxyl groups excluding tert-OH is 1. The number of hydrogen-bond donors (Lipinski definition) is 1. The number of benzene rings is 1. The van der Waals surface area contributed by atoms with Crippen molar-refractivity contribution in [3.8, 4) is 0 Å². The van der Waals surface area contributed by atoms with Crippen LogP contribution in [0.15, 0.2) is 30.3 Å². The molecule has 7 nitrogen and oxygen atoms in total. The monoisotopic (exact) mass is 376 g/mol. The van der Waals surface area contributed by atoms with E-state index in [4.69, 9.17) is 9.47 Å². The topological polar surface area (TPSA) is 79.3 Å². The van der Waals surface area contributed by atoms with Crippen LogP contribution in [0.1, 0.15) is 39.2 Å². The molecule has 3 rings (SSSR count). The number of piperazine rings is 1. The summed E-state index contributed by atoms with van der Waals surface area (Å²) in [6, 6.07) is 8.65. The predicted octanol–water partition coefficient (Wildman–Crippen LogP) is 2.77. The van der Waals surface area contributed by atoms with Gasteiger partial charge in [0.2, 0.25) is 0 Å². The van der Waals surface area contributed by atoms with Gasteiger partial charge in [0, 0.05) is 6.54 Å². The van der Waals surface area contributed by atoms with Crippen LogP contribution in [0.3, 0.4) is 0 Å². The summed E-state index contributed by atoms with van der Waals surface area (Å²) >= 11 is 0. The van der Waals surface area contributed by atoms with Gasteiger partial charge in [0.15, 0.2) is 0 Å². The number of likely N-dealkylation sites (tertiary alicyclic amines) is 1. The Hall–Kier alpha value is -2.28. The number of carbonyl (C=O) groups excluding carboxylic acids is 2. The van der Waals surface area contributed by atoms with Gasteiger partial charge in [0.25, 0.3) is 0 Å². The standard InChI is InChI=1S/C20H28N2O5/c1-20(2,3)27-18(24)21-11-15-9-10-16(17(21)12-23)22(15)19(25)26-13-14-7-5-4-6-8-14/h4-8,15-17,23H,9-13H2,1-3H3/t15-,16+,17-/m0/s1. The van der Waals surface area contributed by atoms with E-state index in [2.05, 4.69) is 0 Å². The fraction of sp³-hybridized carbons (Fsp3) is 0.600. The summed E-state index contributed by atoms with van der Waals surface area (Å²) in [5.74, 6) is 0. The minimum atomic E-state index is -0.609. The third kappa shape index (κ3) is 4.35. The summed E-state index contributed by atoms with van der Waals surface area (Å²) in [6.45, 7) is 5.76. The number of nitrogens with zero attached hydrogens (tertiary/aromatic N) is 2. The maximum Gasteiger partial charge on any atom is 0.410 e. The second-order valence-corrected chi connectivity index (χ2v) is 8.13. The number of amides is 2. The lowest BCUT2D eigenvalue weighted by atomic mass is 10.0. The minimum absolute atomic E-state index is 0.117. The molecule has 2 amide bonds. The van der Waals surface area contributed by atoms with Crippen LogP contribution in [0.25, 0.3) is 0 Å². The molecule has 2 heterocycles. The fourth-order valence-corrected chi connectivity index (χ4v) is 3.87.